The van der Waals surface area contributed by atoms with Crippen LogP contribution < -0.4 is 5.32 Å². The van der Waals surface area contributed by atoms with Gasteiger partial charge in [0.25, 0.3) is 0 Å². The van der Waals surface area contributed by atoms with Crippen LogP contribution in [0.3, 0.4) is 0 Å². The maximum atomic E-state index is 3.59. The summed E-state index contributed by atoms with van der Waals surface area (Å²) in [5, 5.41) is 10.2. The molecule has 47 valence electrons. The third-order valence-electron chi connectivity index (χ3n) is 0.961. The first-order valence-corrected chi connectivity index (χ1v) is 2.76. The van der Waals surface area contributed by atoms with Gasteiger partial charge in [-0.15, -0.1) is 5.10 Å². The third-order valence-corrected chi connectivity index (χ3v) is 0.961. The van der Waals surface area contributed by atoms with Crippen LogP contribution in [0.2, 0.25) is 0 Å². The van der Waals surface area contributed by atoms with Gasteiger partial charge in [0.1, 0.15) is 6.20 Å². The van der Waals surface area contributed by atoms with Crippen LogP contribution in [0.1, 0.15) is 5.56 Å². The van der Waals surface area contributed by atoms with Gasteiger partial charge in [-0.1, -0.05) is 0 Å². The molecule has 1 aromatic heterocycles. The van der Waals surface area contributed by atoms with Gasteiger partial charge in [-0.3, -0.25) is 0 Å². The van der Waals surface area contributed by atoms with E-state index in [4.69, 9.17) is 0 Å². The smallest absolute Gasteiger partial charge is 0.118 e. The molecule has 1 heterocycles. The molecule has 0 spiro atoms. The Morgan fingerprint density at radius 2 is 2.67 bits per heavy atom. The Morgan fingerprint density at radius 1 is 1.78 bits per heavy atom. The molecular weight excluding hydrogens is 114 g/mol. The highest BCUT2D eigenvalue weighted by atomic mass is 15.1. The zero-order valence-corrected chi connectivity index (χ0v) is 5.26. The molecule has 0 saturated heterocycles. The van der Waals surface area contributed by atoms with Crippen LogP contribution in [0.15, 0.2) is 12.3 Å². The molecule has 1 rings (SSSR count). The molecule has 0 unspecified atom stereocenters. The summed E-state index contributed by atoms with van der Waals surface area (Å²) in [4.78, 5) is 0. The van der Waals surface area contributed by atoms with Gasteiger partial charge in [-0.05, 0) is 18.7 Å². The van der Waals surface area contributed by atoms with Crippen molar-refractivity contribution in [3.8, 4) is 0 Å². The lowest BCUT2D eigenvalue weighted by Crippen LogP contribution is -2.05. The average Bonchev–Trinajstić information content (AvgIpc) is 1.91. The maximum absolute atomic E-state index is 3.59. The van der Waals surface area contributed by atoms with Gasteiger partial charge in [0.15, 0.2) is 0 Å². The zero-order chi connectivity index (χ0) is 6.53. The molecule has 9 heavy (non-hydrogen) atoms. The number of nitrogens with zero attached hydrogens (tertiary/aromatic N) is 2. The topological polar surface area (TPSA) is 37.8 Å². The molecule has 0 aromatic carbocycles. The van der Waals surface area contributed by atoms with Crippen LogP contribution in [0.5, 0.6) is 0 Å². The van der Waals surface area contributed by atoms with Gasteiger partial charge in [-0.25, -0.2) is 0 Å². The predicted octanol–water partition coefficient (Wildman–Crippen LogP) is -0.00381. The highest BCUT2D eigenvalue weighted by Gasteiger charge is 1.86. The highest BCUT2D eigenvalue weighted by Crippen LogP contribution is 1.89. The number of hydrogen-bond donors (Lipinski definition) is 1. The molecule has 3 nitrogen and oxygen atoms in total. The maximum Gasteiger partial charge on any atom is 0.118 e. The van der Waals surface area contributed by atoms with Gasteiger partial charge >= 0.3 is 0 Å². The van der Waals surface area contributed by atoms with E-state index in [0.717, 1.165) is 12.1 Å². The minimum Gasteiger partial charge on any atom is -0.316 e. The first-order chi connectivity index (χ1) is 4.43. The van der Waals surface area contributed by atoms with Crippen molar-refractivity contribution < 1.29 is 0 Å². The van der Waals surface area contributed by atoms with Crippen molar-refractivity contribution in [1.82, 2.24) is 15.5 Å². The van der Waals surface area contributed by atoms with E-state index in [-0.39, 0.29) is 0 Å². The summed E-state index contributed by atoms with van der Waals surface area (Å²) < 4.78 is 0. The molecule has 1 N–H and O–H groups in total. The number of aromatic nitrogens is 2. The van der Waals surface area contributed by atoms with Crippen molar-refractivity contribution in [2.45, 2.75) is 6.54 Å². The van der Waals surface area contributed by atoms with Gasteiger partial charge in [0.05, 0.1) is 0 Å². The lowest BCUT2D eigenvalue weighted by atomic mass is 10.3. The van der Waals surface area contributed by atoms with E-state index in [2.05, 4.69) is 21.7 Å². The van der Waals surface area contributed by atoms with Gasteiger partial charge in [0.2, 0.25) is 0 Å². The predicted molar refractivity (Wildman–Crippen MR) is 33.6 cm³/mol. The van der Waals surface area contributed by atoms with Crippen molar-refractivity contribution in [1.29, 1.82) is 0 Å². The summed E-state index contributed by atoms with van der Waals surface area (Å²) in [7, 11) is 1.88. The fraction of sp³-hybridized carbons (Fsp3) is 0.333. The molecule has 0 amide bonds. The minimum atomic E-state index is 0.801. The van der Waals surface area contributed by atoms with Crippen molar-refractivity contribution in [3.63, 3.8) is 0 Å². The van der Waals surface area contributed by atoms with Crippen LogP contribution in [-0.4, -0.2) is 17.2 Å². The molecular formula is C6H8N3. The number of rotatable bonds is 2. The first-order valence-electron chi connectivity index (χ1n) is 2.76. The second kappa shape index (κ2) is 3.14. The standard InChI is InChI=1S/C6H8N3/c1-7-4-6-2-3-8-9-5-6/h2-3,7H,4H2,1H3. The number of hydrogen-bond acceptors (Lipinski definition) is 3. The molecule has 0 aliphatic rings. The second-order valence-corrected chi connectivity index (χ2v) is 1.70. The lowest BCUT2D eigenvalue weighted by Gasteiger charge is -1.93. The van der Waals surface area contributed by atoms with Crippen molar-refractivity contribution in [2.75, 3.05) is 7.05 Å². The summed E-state index contributed by atoms with van der Waals surface area (Å²) in [5.74, 6) is 0. The molecule has 0 aliphatic carbocycles. The fourth-order valence-corrected chi connectivity index (χ4v) is 0.576. The molecule has 0 atom stereocenters. The van der Waals surface area contributed by atoms with Crippen LogP contribution in [-0.2, 0) is 6.54 Å². The SMILES string of the molecule is CNCc1[c]nncc1. The summed E-state index contributed by atoms with van der Waals surface area (Å²) >= 11 is 0. The molecule has 0 bridgehead atoms. The van der Waals surface area contributed by atoms with Gasteiger partial charge in [0, 0.05) is 12.7 Å². The van der Waals surface area contributed by atoms with Crippen LogP contribution in [0.4, 0.5) is 0 Å². The normalized spacial score (nSPS) is 9.44. The average molecular weight is 122 g/mol. The fourth-order valence-electron chi connectivity index (χ4n) is 0.576. The Morgan fingerprint density at radius 3 is 3.22 bits per heavy atom. The van der Waals surface area contributed by atoms with Crippen LogP contribution >= 0.6 is 0 Å². The monoisotopic (exact) mass is 122 g/mol. The van der Waals surface area contributed by atoms with E-state index in [0.29, 0.717) is 0 Å². The Labute approximate surface area is 54.1 Å². The molecule has 0 fully saturated rings. The van der Waals surface area contributed by atoms with Crippen LogP contribution in [0.25, 0.3) is 0 Å². The van der Waals surface area contributed by atoms with E-state index in [1.165, 1.54) is 0 Å². The Balaban J connectivity index is 2.61. The second-order valence-electron chi connectivity index (χ2n) is 1.70. The summed E-state index contributed by atoms with van der Waals surface area (Å²) in [5.41, 5.74) is 1.03. The molecule has 1 radical (unpaired) electrons. The highest BCUT2D eigenvalue weighted by molar-refractivity contribution is 5.02. The Kier molecular flexibility index (Phi) is 2.15. The number of nitrogens with one attached hydrogen (secondary N) is 1. The summed E-state index contributed by atoms with van der Waals surface area (Å²) in [6.45, 7) is 0.801. The largest absolute Gasteiger partial charge is 0.316 e. The lowest BCUT2D eigenvalue weighted by molar-refractivity contribution is 0.802. The first kappa shape index (κ1) is 6.16. The summed E-state index contributed by atoms with van der Waals surface area (Å²) in [6.07, 6.45) is 4.40. The minimum absolute atomic E-state index is 0.801. The van der Waals surface area contributed by atoms with E-state index in [1.807, 2.05) is 13.1 Å². The van der Waals surface area contributed by atoms with Crippen molar-refractivity contribution in [3.05, 3.63) is 24.0 Å². The van der Waals surface area contributed by atoms with Crippen LogP contribution in [0, 0.1) is 6.20 Å². The molecule has 3 heteroatoms. The van der Waals surface area contributed by atoms with Crippen molar-refractivity contribution in [2.24, 2.45) is 0 Å². The van der Waals surface area contributed by atoms with E-state index < -0.39 is 0 Å². The molecule has 0 saturated carbocycles. The van der Waals surface area contributed by atoms with Gasteiger partial charge < -0.3 is 5.32 Å². The zero-order valence-electron chi connectivity index (χ0n) is 5.26. The third kappa shape index (κ3) is 1.77. The van der Waals surface area contributed by atoms with E-state index in [9.17, 15) is 0 Å². The summed E-state index contributed by atoms with van der Waals surface area (Å²) in [6, 6.07) is 1.88. The van der Waals surface area contributed by atoms with E-state index >= 15 is 0 Å². The van der Waals surface area contributed by atoms with Crippen molar-refractivity contribution >= 4 is 0 Å². The molecule has 0 aliphatic heterocycles. The van der Waals surface area contributed by atoms with E-state index in [1.54, 1.807) is 6.20 Å². The Bertz CT molecular complexity index is 161. The van der Waals surface area contributed by atoms with Gasteiger partial charge in [-0.2, -0.15) is 5.10 Å². The quantitative estimate of drug-likeness (QED) is 0.599. The Hall–Kier alpha value is -0.960. The molecule has 1 aromatic rings.